The van der Waals surface area contributed by atoms with Gasteiger partial charge in [0.25, 0.3) is 0 Å². The van der Waals surface area contributed by atoms with Crippen LogP contribution in [0.4, 0.5) is 10.1 Å². The van der Waals surface area contributed by atoms with Crippen molar-refractivity contribution in [3.63, 3.8) is 0 Å². The summed E-state index contributed by atoms with van der Waals surface area (Å²) in [6, 6.07) is 6.03. The third kappa shape index (κ3) is 2.61. The molecule has 1 aromatic carbocycles. The van der Waals surface area contributed by atoms with E-state index in [2.05, 4.69) is 5.10 Å². The minimum atomic E-state index is -0.362. The van der Waals surface area contributed by atoms with Gasteiger partial charge in [-0.05, 0) is 32.0 Å². The number of ether oxygens (including phenoxy) is 1. The predicted molar refractivity (Wildman–Crippen MR) is 67.8 cm³/mol. The second-order valence-electron chi connectivity index (χ2n) is 4.06. The first kappa shape index (κ1) is 12.4. The molecule has 5 heteroatoms. The van der Waals surface area contributed by atoms with Crippen LogP contribution in [0.2, 0.25) is 0 Å². The van der Waals surface area contributed by atoms with E-state index in [0.29, 0.717) is 18.0 Å². The van der Waals surface area contributed by atoms with E-state index in [-0.39, 0.29) is 5.82 Å². The number of rotatable bonds is 4. The molecule has 2 rings (SSSR count). The minimum absolute atomic E-state index is 0.322. The summed E-state index contributed by atoms with van der Waals surface area (Å²) in [4.78, 5) is 0. The number of nitrogens with zero attached hydrogens (tertiary/aromatic N) is 2. The van der Waals surface area contributed by atoms with Gasteiger partial charge in [0.15, 0.2) is 0 Å². The van der Waals surface area contributed by atoms with Gasteiger partial charge in [0.1, 0.15) is 18.2 Å². The summed E-state index contributed by atoms with van der Waals surface area (Å²) in [6.45, 7) is 5.02. The standard InChI is InChI=1S/C13H16FN3O/c1-3-17-11(6-9(2)16-17)8-18-13-7-10(14)4-5-12(13)15/h4-7H,3,8,15H2,1-2H3. The van der Waals surface area contributed by atoms with Gasteiger partial charge in [-0.25, -0.2) is 4.39 Å². The first-order valence-electron chi connectivity index (χ1n) is 5.81. The molecule has 96 valence electrons. The molecule has 0 unspecified atom stereocenters. The molecule has 0 fully saturated rings. The van der Waals surface area contributed by atoms with Crippen molar-refractivity contribution < 1.29 is 9.13 Å². The van der Waals surface area contributed by atoms with Crippen molar-refractivity contribution in [3.8, 4) is 5.75 Å². The van der Waals surface area contributed by atoms with E-state index in [0.717, 1.165) is 17.9 Å². The van der Waals surface area contributed by atoms with Crippen LogP contribution in [0.15, 0.2) is 24.3 Å². The molecule has 0 aliphatic heterocycles. The lowest BCUT2D eigenvalue weighted by Crippen LogP contribution is -2.07. The van der Waals surface area contributed by atoms with Crippen LogP contribution in [0.1, 0.15) is 18.3 Å². The van der Waals surface area contributed by atoms with Crippen LogP contribution in [-0.4, -0.2) is 9.78 Å². The number of aryl methyl sites for hydroxylation is 2. The maximum atomic E-state index is 13.1. The SMILES string of the molecule is CCn1nc(C)cc1COc1cc(F)ccc1N. The molecule has 0 saturated heterocycles. The zero-order valence-corrected chi connectivity index (χ0v) is 10.5. The Hall–Kier alpha value is -2.04. The highest BCUT2D eigenvalue weighted by atomic mass is 19.1. The summed E-state index contributed by atoms with van der Waals surface area (Å²) < 4.78 is 20.5. The molecule has 0 saturated carbocycles. The van der Waals surface area contributed by atoms with Gasteiger partial charge in [0.05, 0.1) is 17.1 Å². The number of aromatic nitrogens is 2. The molecule has 4 nitrogen and oxygen atoms in total. The zero-order chi connectivity index (χ0) is 13.1. The Balaban J connectivity index is 2.13. The summed E-state index contributed by atoms with van der Waals surface area (Å²) in [7, 11) is 0. The number of benzene rings is 1. The van der Waals surface area contributed by atoms with Crippen molar-refractivity contribution in [1.29, 1.82) is 0 Å². The molecule has 0 atom stereocenters. The molecule has 0 bridgehead atoms. The van der Waals surface area contributed by atoms with Crippen LogP contribution in [0.5, 0.6) is 5.75 Å². The quantitative estimate of drug-likeness (QED) is 0.847. The Labute approximate surface area is 105 Å². The van der Waals surface area contributed by atoms with Crippen molar-refractivity contribution in [3.05, 3.63) is 41.5 Å². The van der Waals surface area contributed by atoms with Crippen LogP contribution in [0.3, 0.4) is 0 Å². The van der Waals surface area contributed by atoms with Gasteiger partial charge in [0.2, 0.25) is 0 Å². The molecule has 0 aliphatic carbocycles. The largest absolute Gasteiger partial charge is 0.485 e. The summed E-state index contributed by atoms with van der Waals surface area (Å²) in [5.41, 5.74) is 8.02. The molecule has 0 amide bonds. The van der Waals surface area contributed by atoms with Crippen molar-refractivity contribution in [2.75, 3.05) is 5.73 Å². The number of hydrogen-bond acceptors (Lipinski definition) is 3. The predicted octanol–water partition coefficient (Wildman–Crippen LogP) is 2.51. The summed E-state index contributed by atoms with van der Waals surface area (Å²) in [5, 5.41) is 4.31. The van der Waals surface area contributed by atoms with Gasteiger partial charge < -0.3 is 10.5 Å². The van der Waals surface area contributed by atoms with Crippen molar-refractivity contribution >= 4 is 5.69 Å². The highest BCUT2D eigenvalue weighted by molar-refractivity contribution is 5.52. The number of anilines is 1. The smallest absolute Gasteiger partial charge is 0.145 e. The average molecular weight is 249 g/mol. The molecule has 2 N–H and O–H groups in total. The maximum absolute atomic E-state index is 13.1. The van der Waals surface area contributed by atoms with E-state index in [1.807, 2.05) is 24.6 Å². The normalized spacial score (nSPS) is 10.6. The molecule has 0 radical (unpaired) electrons. The second-order valence-corrected chi connectivity index (χ2v) is 4.06. The Morgan fingerprint density at radius 1 is 1.39 bits per heavy atom. The van der Waals surface area contributed by atoms with Gasteiger partial charge in [-0.2, -0.15) is 5.10 Å². The molecule has 1 aromatic heterocycles. The van der Waals surface area contributed by atoms with Gasteiger partial charge >= 0.3 is 0 Å². The van der Waals surface area contributed by atoms with E-state index in [1.54, 1.807) is 0 Å². The summed E-state index contributed by atoms with van der Waals surface area (Å²) in [6.07, 6.45) is 0. The fourth-order valence-corrected chi connectivity index (χ4v) is 1.77. The van der Waals surface area contributed by atoms with Crippen LogP contribution in [0, 0.1) is 12.7 Å². The highest BCUT2D eigenvalue weighted by Crippen LogP contribution is 2.23. The zero-order valence-electron chi connectivity index (χ0n) is 10.5. The Morgan fingerprint density at radius 3 is 2.89 bits per heavy atom. The van der Waals surface area contributed by atoms with Crippen molar-refractivity contribution in [2.24, 2.45) is 0 Å². The van der Waals surface area contributed by atoms with Crippen molar-refractivity contribution in [2.45, 2.75) is 27.0 Å². The Bertz CT molecular complexity index is 551. The lowest BCUT2D eigenvalue weighted by molar-refractivity contribution is 0.292. The first-order chi connectivity index (χ1) is 8.60. The summed E-state index contributed by atoms with van der Waals surface area (Å²) >= 11 is 0. The summed E-state index contributed by atoms with van der Waals surface area (Å²) in [5.74, 6) is -0.00381. The highest BCUT2D eigenvalue weighted by Gasteiger charge is 2.07. The molecule has 18 heavy (non-hydrogen) atoms. The maximum Gasteiger partial charge on any atom is 0.145 e. The van der Waals surface area contributed by atoms with E-state index in [1.165, 1.54) is 18.2 Å². The topological polar surface area (TPSA) is 53.1 Å². The molecule has 1 heterocycles. The first-order valence-corrected chi connectivity index (χ1v) is 5.81. The second kappa shape index (κ2) is 5.08. The van der Waals surface area contributed by atoms with Crippen molar-refractivity contribution in [1.82, 2.24) is 9.78 Å². The van der Waals surface area contributed by atoms with E-state index in [9.17, 15) is 4.39 Å². The van der Waals surface area contributed by atoms with E-state index in [4.69, 9.17) is 10.5 Å². The van der Waals surface area contributed by atoms with Gasteiger partial charge in [-0.3, -0.25) is 4.68 Å². The number of nitrogen functional groups attached to an aromatic ring is 1. The molecule has 0 aliphatic rings. The van der Waals surface area contributed by atoms with E-state index >= 15 is 0 Å². The average Bonchev–Trinajstić information content (AvgIpc) is 2.71. The Kier molecular flexibility index (Phi) is 3.50. The van der Waals surface area contributed by atoms with Gasteiger partial charge in [0, 0.05) is 12.6 Å². The van der Waals surface area contributed by atoms with Crippen LogP contribution in [-0.2, 0) is 13.2 Å². The fourth-order valence-electron chi connectivity index (χ4n) is 1.77. The monoisotopic (exact) mass is 249 g/mol. The lowest BCUT2D eigenvalue weighted by Gasteiger charge is -2.09. The lowest BCUT2D eigenvalue weighted by atomic mass is 10.3. The van der Waals surface area contributed by atoms with Crippen LogP contribution in [0.25, 0.3) is 0 Å². The number of halogens is 1. The fraction of sp³-hybridized carbons (Fsp3) is 0.308. The third-order valence-electron chi connectivity index (χ3n) is 2.64. The molecule has 2 aromatic rings. The van der Waals surface area contributed by atoms with Gasteiger partial charge in [-0.15, -0.1) is 0 Å². The van der Waals surface area contributed by atoms with Gasteiger partial charge in [-0.1, -0.05) is 0 Å². The minimum Gasteiger partial charge on any atom is -0.485 e. The van der Waals surface area contributed by atoms with Crippen LogP contribution >= 0.6 is 0 Å². The van der Waals surface area contributed by atoms with Crippen LogP contribution < -0.4 is 10.5 Å². The third-order valence-corrected chi connectivity index (χ3v) is 2.64. The number of hydrogen-bond donors (Lipinski definition) is 1. The molecular formula is C13H16FN3O. The Morgan fingerprint density at radius 2 is 2.17 bits per heavy atom. The number of nitrogens with two attached hydrogens (primary N) is 1. The van der Waals surface area contributed by atoms with E-state index < -0.39 is 0 Å². The molecule has 0 spiro atoms. The molecular weight excluding hydrogens is 233 g/mol.